The number of aromatic nitrogens is 1. The van der Waals surface area contributed by atoms with E-state index in [1.807, 2.05) is 12.1 Å². The third kappa shape index (κ3) is 3.83. The maximum Gasteiger partial charge on any atom is 0.130 e. The summed E-state index contributed by atoms with van der Waals surface area (Å²) >= 11 is 0. The van der Waals surface area contributed by atoms with Gasteiger partial charge in [-0.25, -0.2) is 0 Å². The van der Waals surface area contributed by atoms with Crippen molar-refractivity contribution in [3.8, 4) is 5.75 Å². The van der Waals surface area contributed by atoms with Gasteiger partial charge in [0.25, 0.3) is 0 Å². The van der Waals surface area contributed by atoms with Gasteiger partial charge < -0.3 is 15.0 Å². The Morgan fingerprint density at radius 3 is 2.95 bits per heavy atom. The predicted octanol–water partition coefficient (Wildman–Crippen LogP) is 2.84. The number of hydrogen-bond donors (Lipinski definition) is 1. The van der Waals surface area contributed by atoms with Crippen LogP contribution >= 0.6 is 0 Å². The van der Waals surface area contributed by atoms with Crippen LogP contribution in [0, 0.1) is 6.92 Å². The van der Waals surface area contributed by atoms with E-state index in [1.54, 1.807) is 12.5 Å². The summed E-state index contributed by atoms with van der Waals surface area (Å²) in [6, 6.07) is 6.35. The molecule has 19 heavy (non-hydrogen) atoms. The first-order valence-electron chi connectivity index (χ1n) is 6.55. The highest BCUT2D eigenvalue weighted by Gasteiger charge is 2.09. The third-order valence-corrected chi connectivity index (χ3v) is 3.10. The third-order valence-electron chi connectivity index (χ3n) is 3.10. The first kappa shape index (κ1) is 13.6. The van der Waals surface area contributed by atoms with Crippen LogP contribution in [0.3, 0.4) is 0 Å². The van der Waals surface area contributed by atoms with Crippen LogP contribution in [0.5, 0.6) is 5.75 Å². The molecular formula is C15H20N2O2. The molecule has 1 atom stereocenters. The fraction of sp³-hybridized carbons (Fsp3) is 0.400. The summed E-state index contributed by atoms with van der Waals surface area (Å²) in [5.41, 5.74) is 9.33. The van der Waals surface area contributed by atoms with E-state index in [-0.39, 0.29) is 6.04 Å². The van der Waals surface area contributed by atoms with Crippen molar-refractivity contribution in [1.29, 1.82) is 0 Å². The van der Waals surface area contributed by atoms with Gasteiger partial charge in [0, 0.05) is 11.6 Å². The molecule has 1 heterocycles. The molecule has 0 aliphatic heterocycles. The van der Waals surface area contributed by atoms with Crippen LogP contribution in [0.25, 0.3) is 0 Å². The average molecular weight is 260 g/mol. The summed E-state index contributed by atoms with van der Waals surface area (Å²) < 4.78 is 10.6. The topological polar surface area (TPSA) is 61.3 Å². The molecule has 102 valence electrons. The largest absolute Gasteiger partial charge is 0.488 e. The number of rotatable bonds is 6. The smallest absolute Gasteiger partial charge is 0.130 e. The van der Waals surface area contributed by atoms with E-state index in [0.717, 1.165) is 29.7 Å². The normalized spacial score (nSPS) is 12.4. The van der Waals surface area contributed by atoms with Gasteiger partial charge in [0.2, 0.25) is 0 Å². The zero-order valence-electron chi connectivity index (χ0n) is 11.4. The molecule has 1 aromatic carbocycles. The highest BCUT2D eigenvalue weighted by atomic mass is 16.5. The van der Waals surface area contributed by atoms with E-state index in [2.05, 4.69) is 25.1 Å². The second-order valence-corrected chi connectivity index (χ2v) is 4.80. The second-order valence-electron chi connectivity index (χ2n) is 4.80. The van der Waals surface area contributed by atoms with Gasteiger partial charge in [-0.3, -0.25) is 0 Å². The summed E-state index contributed by atoms with van der Waals surface area (Å²) in [4.78, 5) is 0. The second kappa shape index (κ2) is 6.38. The van der Waals surface area contributed by atoms with Crippen molar-refractivity contribution in [3.63, 3.8) is 0 Å². The molecule has 0 saturated carbocycles. The molecule has 0 radical (unpaired) electrons. The van der Waals surface area contributed by atoms with E-state index < -0.39 is 0 Å². The van der Waals surface area contributed by atoms with Gasteiger partial charge in [0.05, 0.1) is 6.20 Å². The number of hydrogen-bond acceptors (Lipinski definition) is 4. The zero-order chi connectivity index (χ0) is 13.7. The van der Waals surface area contributed by atoms with Crippen molar-refractivity contribution in [2.45, 2.75) is 39.3 Å². The monoisotopic (exact) mass is 260 g/mol. The minimum atomic E-state index is 0.166. The van der Waals surface area contributed by atoms with Gasteiger partial charge in [-0.05, 0) is 31.4 Å². The molecule has 0 aliphatic carbocycles. The van der Waals surface area contributed by atoms with Gasteiger partial charge in [-0.15, -0.1) is 0 Å². The molecule has 2 aromatic rings. The Bertz CT molecular complexity index is 509. The Hall–Kier alpha value is -1.81. The Morgan fingerprint density at radius 2 is 2.26 bits per heavy atom. The number of ether oxygens (including phenoxy) is 1. The van der Waals surface area contributed by atoms with E-state index in [0.29, 0.717) is 6.61 Å². The lowest BCUT2D eigenvalue weighted by Crippen LogP contribution is -2.21. The van der Waals surface area contributed by atoms with E-state index in [9.17, 15) is 0 Å². The molecule has 0 fully saturated rings. The Kier molecular flexibility index (Phi) is 4.58. The number of aryl methyl sites for hydroxylation is 1. The molecule has 2 N–H and O–H groups in total. The van der Waals surface area contributed by atoms with Crippen LogP contribution in [-0.4, -0.2) is 11.2 Å². The lowest BCUT2D eigenvalue weighted by Gasteiger charge is -2.14. The Labute approximate surface area is 113 Å². The predicted molar refractivity (Wildman–Crippen MR) is 74.0 cm³/mol. The van der Waals surface area contributed by atoms with Crippen LogP contribution in [0.4, 0.5) is 0 Å². The summed E-state index contributed by atoms with van der Waals surface area (Å²) in [5.74, 6) is 0.885. The van der Waals surface area contributed by atoms with E-state index >= 15 is 0 Å². The molecule has 0 aliphatic rings. The quantitative estimate of drug-likeness (QED) is 0.867. The summed E-state index contributed by atoms with van der Waals surface area (Å²) in [5, 5.41) is 3.66. The van der Waals surface area contributed by atoms with Crippen molar-refractivity contribution in [3.05, 3.63) is 47.3 Å². The van der Waals surface area contributed by atoms with Crippen molar-refractivity contribution in [2.75, 3.05) is 0 Å². The van der Waals surface area contributed by atoms with Crippen LogP contribution in [0.1, 0.15) is 30.0 Å². The van der Waals surface area contributed by atoms with Crippen LogP contribution < -0.4 is 10.5 Å². The molecule has 0 spiro atoms. The van der Waals surface area contributed by atoms with Gasteiger partial charge >= 0.3 is 0 Å². The molecule has 0 saturated heterocycles. The number of nitrogens with zero attached hydrogens (tertiary/aromatic N) is 1. The zero-order valence-corrected chi connectivity index (χ0v) is 11.4. The fourth-order valence-corrected chi connectivity index (χ4v) is 1.89. The lowest BCUT2D eigenvalue weighted by molar-refractivity contribution is 0.300. The van der Waals surface area contributed by atoms with Crippen molar-refractivity contribution in [2.24, 2.45) is 5.73 Å². The summed E-state index contributed by atoms with van der Waals surface area (Å²) in [6.45, 7) is 4.63. The lowest BCUT2D eigenvalue weighted by atomic mass is 10.0. The first-order chi connectivity index (χ1) is 9.19. The maximum atomic E-state index is 6.03. The van der Waals surface area contributed by atoms with Crippen molar-refractivity contribution < 1.29 is 9.26 Å². The highest BCUT2D eigenvalue weighted by molar-refractivity contribution is 5.37. The van der Waals surface area contributed by atoms with E-state index in [4.69, 9.17) is 15.0 Å². The van der Waals surface area contributed by atoms with Crippen LogP contribution in [0.15, 0.2) is 35.2 Å². The molecule has 0 amide bonds. The molecular weight excluding hydrogens is 240 g/mol. The average Bonchev–Trinajstić information content (AvgIpc) is 2.91. The fourth-order valence-electron chi connectivity index (χ4n) is 1.89. The minimum Gasteiger partial charge on any atom is -0.488 e. The Morgan fingerprint density at radius 1 is 1.42 bits per heavy atom. The minimum absolute atomic E-state index is 0.166. The standard InChI is InChI=1S/C15H20N2O2/c1-3-14(16)7-13-6-11(2)4-5-15(13)18-9-12-8-17-19-10-12/h4-6,8,10,14H,3,7,9,16H2,1-2H3. The van der Waals surface area contributed by atoms with Gasteiger partial charge in [0.15, 0.2) is 0 Å². The molecule has 1 unspecified atom stereocenters. The highest BCUT2D eigenvalue weighted by Crippen LogP contribution is 2.23. The molecule has 4 nitrogen and oxygen atoms in total. The maximum absolute atomic E-state index is 6.03. The van der Waals surface area contributed by atoms with Crippen molar-refractivity contribution >= 4 is 0 Å². The molecule has 2 rings (SSSR count). The van der Waals surface area contributed by atoms with Gasteiger partial charge in [-0.2, -0.15) is 0 Å². The SMILES string of the molecule is CCC(N)Cc1cc(C)ccc1OCc1cnoc1. The number of nitrogens with two attached hydrogens (primary N) is 1. The van der Waals surface area contributed by atoms with E-state index in [1.165, 1.54) is 5.56 Å². The van der Waals surface area contributed by atoms with Gasteiger partial charge in [0.1, 0.15) is 18.6 Å². The number of benzene rings is 1. The Balaban J connectivity index is 2.09. The molecule has 1 aromatic heterocycles. The molecule has 4 heteroatoms. The summed E-state index contributed by atoms with van der Waals surface area (Å²) in [6.07, 6.45) is 5.04. The van der Waals surface area contributed by atoms with Crippen LogP contribution in [0.2, 0.25) is 0 Å². The molecule has 0 bridgehead atoms. The van der Waals surface area contributed by atoms with Crippen molar-refractivity contribution in [1.82, 2.24) is 5.16 Å². The van der Waals surface area contributed by atoms with Crippen LogP contribution in [-0.2, 0) is 13.0 Å². The van der Waals surface area contributed by atoms with Gasteiger partial charge in [-0.1, -0.05) is 29.8 Å². The first-order valence-corrected chi connectivity index (χ1v) is 6.55. The summed E-state index contributed by atoms with van der Waals surface area (Å²) in [7, 11) is 0.